The van der Waals surface area contributed by atoms with Gasteiger partial charge in [0, 0.05) is 16.8 Å². The number of ether oxygens (including phenoxy) is 3. The lowest BCUT2D eigenvalue weighted by Gasteiger charge is -2.12. The van der Waals surface area contributed by atoms with E-state index in [-0.39, 0.29) is 0 Å². The Bertz CT molecular complexity index is 673. The van der Waals surface area contributed by atoms with E-state index < -0.39 is 0 Å². The fourth-order valence-electron chi connectivity index (χ4n) is 2.06. The Balaban J connectivity index is 2.41. The van der Waals surface area contributed by atoms with Crippen molar-refractivity contribution in [1.82, 2.24) is 0 Å². The highest BCUT2D eigenvalue weighted by atomic mass is 35.5. The Hall–Kier alpha value is -2.20. The molecule has 0 aromatic heterocycles. The lowest BCUT2D eigenvalue weighted by atomic mass is 10.2. The molecule has 116 valence electrons. The number of rotatable bonds is 5. The Morgan fingerprint density at radius 1 is 1.00 bits per heavy atom. The molecule has 2 aromatic carbocycles. The molecule has 22 heavy (non-hydrogen) atoms. The SMILES string of the molecule is COc1cc(C=Nc2cccc(Cl)c2C)cc(OC)c1OC. The van der Waals surface area contributed by atoms with Crippen LogP contribution in [0.25, 0.3) is 0 Å². The van der Waals surface area contributed by atoms with Crippen LogP contribution < -0.4 is 14.2 Å². The Kier molecular flexibility index (Phi) is 5.28. The Morgan fingerprint density at radius 2 is 1.64 bits per heavy atom. The summed E-state index contributed by atoms with van der Waals surface area (Å²) in [6.45, 7) is 1.93. The second-order valence-corrected chi connectivity index (χ2v) is 5.01. The monoisotopic (exact) mass is 319 g/mol. The van der Waals surface area contributed by atoms with Crippen molar-refractivity contribution in [3.63, 3.8) is 0 Å². The Labute approximate surface area is 135 Å². The van der Waals surface area contributed by atoms with Crippen molar-refractivity contribution in [3.05, 3.63) is 46.5 Å². The van der Waals surface area contributed by atoms with Crippen LogP contribution in [0.3, 0.4) is 0 Å². The van der Waals surface area contributed by atoms with E-state index in [2.05, 4.69) is 4.99 Å². The first-order valence-electron chi connectivity index (χ1n) is 6.70. The summed E-state index contributed by atoms with van der Waals surface area (Å²) in [6.07, 6.45) is 1.74. The van der Waals surface area contributed by atoms with Gasteiger partial charge in [-0.1, -0.05) is 17.7 Å². The molecule has 0 heterocycles. The number of hydrogen-bond acceptors (Lipinski definition) is 4. The summed E-state index contributed by atoms with van der Waals surface area (Å²) in [5, 5.41) is 0.694. The zero-order valence-corrected chi connectivity index (χ0v) is 13.8. The highest BCUT2D eigenvalue weighted by Crippen LogP contribution is 2.38. The number of aliphatic imine (C=N–C) groups is 1. The van der Waals surface area contributed by atoms with E-state index in [4.69, 9.17) is 25.8 Å². The molecule has 4 nitrogen and oxygen atoms in total. The van der Waals surface area contributed by atoms with Crippen molar-refractivity contribution in [3.8, 4) is 17.2 Å². The van der Waals surface area contributed by atoms with Crippen LogP contribution in [0.4, 0.5) is 5.69 Å². The molecule has 0 saturated carbocycles. The quantitative estimate of drug-likeness (QED) is 0.766. The van der Waals surface area contributed by atoms with Crippen molar-refractivity contribution < 1.29 is 14.2 Å². The summed E-state index contributed by atoms with van der Waals surface area (Å²) in [7, 11) is 4.74. The van der Waals surface area contributed by atoms with Crippen LogP contribution in [0.15, 0.2) is 35.3 Å². The molecule has 5 heteroatoms. The summed E-state index contributed by atoms with van der Waals surface area (Å²) in [4.78, 5) is 4.48. The third kappa shape index (κ3) is 3.34. The minimum Gasteiger partial charge on any atom is -0.493 e. The lowest BCUT2D eigenvalue weighted by molar-refractivity contribution is 0.324. The van der Waals surface area contributed by atoms with E-state index in [1.54, 1.807) is 27.5 Å². The minimum atomic E-state index is 0.557. The summed E-state index contributed by atoms with van der Waals surface area (Å²) >= 11 is 6.10. The van der Waals surface area contributed by atoms with Crippen molar-refractivity contribution in [2.45, 2.75) is 6.92 Å². The normalized spacial score (nSPS) is 10.8. The molecule has 0 N–H and O–H groups in total. The maximum atomic E-state index is 6.10. The van der Waals surface area contributed by atoms with Gasteiger partial charge in [0.15, 0.2) is 11.5 Å². The summed E-state index contributed by atoms with van der Waals surface area (Å²) < 4.78 is 16.0. The molecule has 0 bridgehead atoms. The molecule has 2 rings (SSSR count). The standard InChI is InChI=1S/C17H18ClNO3/c1-11-13(18)6-5-7-14(11)19-10-12-8-15(20-2)17(22-4)16(9-12)21-3/h5-10H,1-4H3. The van der Waals surface area contributed by atoms with E-state index in [1.165, 1.54) is 0 Å². The van der Waals surface area contributed by atoms with Crippen molar-refractivity contribution in [2.75, 3.05) is 21.3 Å². The third-order valence-electron chi connectivity index (χ3n) is 3.28. The van der Waals surface area contributed by atoms with Crippen molar-refractivity contribution >= 4 is 23.5 Å². The molecule has 0 saturated heterocycles. The molecule has 0 aliphatic heterocycles. The van der Waals surface area contributed by atoms with Gasteiger partial charge in [0.25, 0.3) is 0 Å². The molecule has 0 radical (unpaired) electrons. The number of nitrogens with zero attached hydrogens (tertiary/aromatic N) is 1. The zero-order valence-electron chi connectivity index (χ0n) is 13.0. The predicted octanol–water partition coefficient (Wildman–Crippen LogP) is 4.42. The fourth-order valence-corrected chi connectivity index (χ4v) is 2.23. The maximum Gasteiger partial charge on any atom is 0.203 e. The minimum absolute atomic E-state index is 0.557. The molecule has 0 aliphatic rings. The lowest BCUT2D eigenvalue weighted by Crippen LogP contribution is -1.96. The molecule has 0 spiro atoms. The Morgan fingerprint density at radius 3 is 2.18 bits per heavy atom. The summed E-state index contributed by atoms with van der Waals surface area (Å²) in [5.41, 5.74) is 2.60. The predicted molar refractivity (Wildman–Crippen MR) is 89.5 cm³/mol. The second-order valence-electron chi connectivity index (χ2n) is 4.60. The van der Waals surface area contributed by atoms with E-state index in [0.29, 0.717) is 22.3 Å². The van der Waals surface area contributed by atoms with Gasteiger partial charge in [-0.25, -0.2) is 0 Å². The van der Waals surface area contributed by atoms with Gasteiger partial charge in [0.05, 0.1) is 27.0 Å². The third-order valence-corrected chi connectivity index (χ3v) is 3.69. The molecular formula is C17H18ClNO3. The number of halogens is 1. The molecule has 0 atom stereocenters. The number of benzene rings is 2. The second kappa shape index (κ2) is 7.18. The summed E-state index contributed by atoms with van der Waals surface area (Å²) in [5.74, 6) is 1.73. The van der Waals surface area contributed by atoms with Gasteiger partial charge in [-0.3, -0.25) is 4.99 Å². The van der Waals surface area contributed by atoms with Gasteiger partial charge in [-0.15, -0.1) is 0 Å². The molecule has 0 aliphatic carbocycles. The van der Waals surface area contributed by atoms with Crippen LogP contribution in [0, 0.1) is 6.92 Å². The van der Waals surface area contributed by atoms with E-state index >= 15 is 0 Å². The van der Waals surface area contributed by atoms with Gasteiger partial charge in [0.1, 0.15) is 0 Å². The first-order valence-corrected chi connectivity index (χ1v) is 7.07. The van der Waals surface area contributed by atoms with Gasteiger partial charge < -0.3 is 14.2 Å². The molecular weight excluding hydrogens is 302 g/mol. The van der Waals surface area contributed by atoms with Crippen molar-refractivity contribution in [1.29, 1.82) is 0 Å². The van der Waals surface area contributed by atoms with Crippen LogP contribution in [-0.2, 0) is 0 Å². The number of methoxy groups -OCH3 is 3. The van der Waals surface area contributed by atoms with Gasteiger partial charge in [0.2, 0.25) is 5.75 Å². The van der Waals surface area contributed by atoms with Crippen LogP contribution in [-0.4, -0.2) is 27.5 Å². The largest absolute Gasteiger partial charge is 0.493 e. The van der Waals surface area contributed by atoms with Gasteiger partial charge in [-0.2, -0.15) is 0 Å². The molecule has 0 fully saturated rings. The van der Waals surface area contributed by atoms with E-state index in [1.807, 2.05) is 37.3 Å². The van der Waals surface area contributed by atoms with Crippen molar-refractivity contribution in [2.24, 2.45) is 4.99 Å². The average molecular weight is 320 g/mol. The maximum absolute atomic E-state index is 6.10. The smallest absolute Gasteiger partial charge is 0.203 e. The average Bonchev–Trinajstić information content (AvgIpc) is 2.55. The van der Waals surface area contributed by atoms with Crippen LogP contribution >= 0.6 is 11.6 Å². The topological polar surface area (TPSA) is 40.0 Å². The zero-order chi connectivity index (χ0) is 16.1. The van der Waals surface area contributed by atoms with Crippen LogP contribution in [0.2, 0.25) is 5.02 Å². The highest BCUT2D eigenvalue weighted by Gasteiger charge is 2.12. The first-order chi connectivity index (χ1) is 10.6. The first kappa shape index (κ1) is 16.2. The fraction of sp³-hybridized carbons (Fsp3) is 0.235. The summed E-state index contributed by atoms with van der Waals surface area (Å²) in [6, 6.07) is 9.30. The van der Waals surface area contributed by atoms with E-state index in [0.717, 1.165) is 16.8 Å². The van der Waals surface area contributed by atoms with Crippen LogP contribution in [0.5, 0.6) is 17.2 Å². The van der Waals surface area contributed by atoms with Crippen LogP contribution in [0.1, 0.15) is 11.1 Å². The number of hydrogen-bond donors (Lipinski definition) is 0. The molecule has 0 unspecified atom stereocenters. The van der Waals surface area contributed by atoms with E-state index in [9.17, 15) is 0 Å². The van der Waals surface area contributed by atoms with Gasteiger partial charge in [-0.05, 0) is 36.8 Å². The highest BCUT2D eigenvalue weighted by molar-refractivity contribution is 6.31. The molecule has 2 aromatic rings. The molecule has 0 amide bonds. The van der Waals surface area contributed by atoms with Gasteiger partial charge >= 0.3 is 0 Å².